The van der Waals surface area contributed by atoms with Gasteiger partial charge >= 0.3 is 0 Å². The number of pyridine rings is 1. The van der Waals surface area contributed by atoms with Gasteiger partial charge in [0.25, 0.3) is 0 Å². The predicted molar refractivity (Wildman–Crippen MR) is 102 cm³/mol. The predicted octanol–water partition coefficient (Wildman–Crippen LogP) is 5.75. The minimum absolute atomic E-state index is 0.478. The van der Waals surface area contributed by atoms with E-state index in [0.29, 0.717) is 23.7 Å². The van der Waals surface area contributed by atoms with Crippen LogP contribution in [0.15, 0.2) is 24.7 Å². The van der Waals surface area contributed by atoms with E-state index in [4.69, 9.17) is 4.98 Å². The van der Waals surface area contributed by atoms with Crippen molar-refractivity contribution >= 4 is 0 Å². The molecule has 3 heteroatoms. The highest BCUT2D eigenvalue weighted by Crippen LogP contribution is 2.29. The van der Waals surface area contributed by atoms with Crippen LogP contribution in [-0.2, 0) is 7.05 Å². The van der Waals surface area contributed by atoms with Gasteiger partial charge in [-0.1, -0.05) is 47.6 Å². The van der Waals surface area contributed by atoms with Crippen LogP contribution in [0.5, 0.6) is 0 Å². The number of hydrogen-bond acceptors (Lipinski definition) is 2. The molecule has 2 aromatic heterocycles. The van der Waals surface area contributed by atoms with Gasteiger partial charge in [-0.3, -0.25) is 4.98 Å². The van der Waals surface area contributed by atoms with Gasteiger partial charge in [-0.15, -0.1) is 0 Å². The molecule has 2 rings (SSSR count). The molecule has 2 heterocycles. The Balaban J connectivity index is 2.00. The summed E-state index contributed by atoms with van der Waals surface area (Å²) >= 11 is 0. The summed E-state index contributed by atoms with van der Waals surface area (Å²) < 4.78 is 2.20. The Morgan fingerprint density at radius 2 is 1.50 bits per heavy atom. The summed E-state index contributed by atoms with van der Waals surface area (Å²) in [6.07, 6.45) is 8.50. The lowest BCUT2D eigenvalue weighted by atomic mass is 9.91. The molecule has 0 saturated carbocycles. The van der Waals surface area contributed by atoms with E-state index in [1.807, 2.05) is 12.4 Å². The SMILES string of the molecule is CC(C)c1cncc(C(C)CCC(C)c2nc(C(C)C)cn2C)c1. The maximum atomic E-state index is 4.85. The second-order valence-corrected chi connectivity index (χ2v) is 7.88. The van der Waals surface area contributed by atoms with Crippen molar-refractivity contribution in [2.45, 2.75) is 78.1 Å². The molecule has 0 bridgehead atoms. The molecule has 0 aromatic carbocycles. The molecule has 0 aliphatic carbocycles. The molecule has 24 heavy (non-hydrogen) atoms. The van der Waals surface area contributed by atoms with Crippen LogP contribution in [0.1, 0.15) is 101 Å². The molecule has 0 amide bonds. The summed E-state index contributed by atoms with van der Waals surface area (Å²) in [5, 5.41) is 0. The summed E-state index contributed by atoms with van der Waals surface area (Å²) in [5.74, 6) is 3.24. The third kappa shape index (κ3) is 4.46. The van der Waals surface area contributed by atoms with Gasteiger partial charge in [0.15, 0.2) is 0 Å². The maximum absolute atomic E-state index is 4.85. The normalized spacial score (nSPS) is 14.4. The van der Waals surface area contributed by atoms with E-state index in [1.54, 1.807) is 0 Å². The van der Waals surface area contributed by atoms with E-state index in [9.17, 15) is 0 Å². The Hall–Kier alpha value is -1.64. The van der Waals surface area contributed by atoms with Gasteiger partial charge in [-0.25, -0.2) is 4.98 Å². The highest BCUT2D eigenvalue weighted by atomic mass is 15.1. The number of nitrogens with zero attached hydrogens (tertiary/aromatic N) is 3. The van der Waals surface area contributed by atoms with Crippen molar-refractivity contribution in [3.63, 3.8) is 0 Å². The molecule has 0 fully saturated rings. The van der Waals surface area contributed by atoms with E-state index in [1.165, 1.54) is 22.6 Å². The van der Waals surface area contributed by atoms with Gasteiger partial charge in [0, 0.05) is 31.6 Å². The maximum Gasteiger partial charge on any atom is 0.111 e. The van der Waals surface area contributed by atoms with Gasteiger partial charge in [0.1, 0.15) is 5.82 Å². The van der Waals surface area contributed by atoms with Crippen LogP contribution in [0.3, 0.4) is 0 Å². The molecule has 0 aliphatic rings. The van der Waals surface area contributed by atoms with E-state index in [-0.39, 0.29) is 0 Å². The first-order valence-electron chi connectivity index (χ1n) is 9.27. The van der Waals surface area contributed by atoms with Crippen LogP contribution in [-0.4, -0.2) is 14.5 Å². The molecule has 0 spiro atoms. The quantitative estimate of drug-likeness (QED) is 0.648. The third-order valence-corrected chi connectivity index (χ3v) is 5.01. The van der Waals surface area contributed by atoms with Crippen molar-refractivity contribution in [3.8, 4) is 0 Å². The topological polar surface area (TPSA) is 30.7 Å². The number of rotatable bonds is 7. The van der Waals surface area contributed by atoms with E-state index in [2.05, 4.69) is 70.4 Å². The molecule has 0 aliphatic heterocycles. The minimum Gasteiger partial charge on any atom is -0.337 e. The van der Waals surface area contributed by atoms with Crippen molar-refractivity contribution in [2.75, 3.05) is 0 Å². The first-order valence-corrected chi connectivity index (χ1v) is 9.27. The second kappa shape index (κ2) is 7.96. The van der Waals surface area contributed by atoms with Crippen molar-refractivity contribution in [2.24, 2.45) is 7.05 Å². The lowest BCUT2D eigenvalue weighted by Crippen LogP contribution is -2.05. The molecular weight excluding hydrogens is 294 g/mol. The Kier molecular flexibility index (Phi) is 6.20. The fourth-order valence-corrected chi connectivity index (χ4v) is 3.10. The molecule has 0 saturated heterocycles. The Morgan fingerprint density at radius 3 is 2.08 bits per heavy atom. The minimum atomic E-state index is 0.478. The van der Waals surface area contributed by atoms with Crippen molar-refractivity contribution in [1.29, 1.82) is 0 Å². The van der Waals surface area contributed by atoms with E-state index in [0.717, 1.165) is 12.8 Å². The van der Waals surface area contributed by atoms with Gasteiger partial charge in [0.05, 0.1) is 5.69 Å². The van der Waals surface area contributed by atoms with Crippen LogP contribution in [0, 0.1) is 0 Å². The summed E-state index contributed by atoms with van der Waals surface area (Å²) in [6, 6.07) is 2.32. The fourth-order valence-electron chi connectivity index (χ4n) is 3.10. The largest absolute Gasteiger partial charge is 0.337 e. The van der Waals surface area contributed by atoms with Gasteiger partial charge in [-0.2, -0.15) is 0 Å². The van der Waals surface area contributed by atoms with Crippen LogP contribution < -0.4 is 0 Å². The molecule has 2 atom stereocenters. The summed E-state index contributed by atoms with van der Waals surface area (Å²) in [6.45, 7) is 13.5. The Morgan fingerprint density at radius 1 is 0.875 bits per heavy atom. The lowest BCUT2D eigenvalue weighted by Gasteiger charge is -2.17. The molecule has 3 nitrogen and oxygen atoms in total. The fraction of sp³-hybridized carbons (Fsp3) is 0.619. The number of hydrogen-bond donors (Lipinski definition) is 0. The number of imidazole rings is 1. The molecule has 132 valence electrons. The number of aryl methyl sites for hydroxylation is 1. The highest BCUT2D eigenvalue weighted by Gasteiger charge is 2.16. The summed E-state index contributed by atoms with van der Waals surface area (Å²) in [4.78, 5) is 9.28. The summed E-state index contributed by atoms with van der Waals surface area (Å²) in [7, 11) is 2.12. The molecule has 2 unspecified atom stereocenters. The average molecular weight is 328 g/mol. The van der Waals surface area contributed by atoms with Crippen LogP contribution in [0.2, 0.25) is 0 Å². The number of aromatic nitrogens is 3. The summed E-state index contributed by atoms with van der Waals surface area (Å²) in [5.41, 5.74) is 3.88. The zero-order valence-electron chi connectivity index (χ0n) is 16.4. The van der Waals surface area contributed by atoms with E-state index < -0.39 is 0 Å². The van der Waals surface area contributed by atoms with Crippen LogP contribution in [0.25, 0.3) is 0 Å². The van der Waals surface area contributed by atoms with E-state index >= 15 is 0 Å². The molecule has 0 radical (unpaired) electrons. The van der Waals surface area contributed by atoms with Gasteiger partial charge < -0.3 is 4.57 Å². The second-order valence-electron chi connectivity index (χ2n) is 7.88. The smallest absolute Gasteiger partial charge is 0.111 e. The van der Waals surface area contributed by atoms with Gasteiger partial charge in [0.2, 0.25) is 0 Å². The van der Waals surface area contributed by atoms with Crippen LogP contribution in [0.4, 0.5) is 0 Å². The molecule has 0 N–H and O–H groups in total. The monoisotopic (exact) mass is 327 g/mol. The van der Waals surface area contributed by atoms with Crippen molar-refractivity contribution < 1.29 is 0 Å². The molecular formula is C21H33N3. The van der Waals surface area contributed by atoms with Crippen molar-refractivity contribution in [3.05, 3.63) is 47.3 Å². The lowest BCUT2D eigenvalue weighted by molar-refractivity contribution is 0.541. The first-order chi connectivity index (χ1) is 11.3. The highest BCUT2D eigenvalue weighted by molar-refractivity contribution is 5.23. The zero-order valence-corrected chi connectivity index (χ0v) is 16.4. The third-order valence-electron chi connectivity index (χ3n) is 5.01. The van der Waals surface area contributed by atoms with Crippen molar-refractivity contribution in [1.82, 2.24) is 14.5 Å². The zero-order chi connectivity index (χ0) is 17.9. The molecule has 2 aromatic rings. The first kappa shape index (κ1) is 18.7. The van der Waals surface area contributed by atoms with Crippen LogP contribution >= 0.6 is 0 Å². The average Bonchev–Trinajstić information content (AvgIpc) is 2.94. The Bertz CT molecular complexity index is 655. The van der Waals surface area contributed by atoms with Gasteiger partial charge in [-0.05, 0) is 41.7 Å². The standard InChI is InChI=1S/C21H33N3/c1-14(2)18-10-19(12-22-11-18)16(5)8-9-17(6)21-23-20(15(3)4)13-24(21)7/h10-17H,8-9H2,1-7H3. The Labute approximate surface area is 147 Å².